The van der Waals surface area contributed by atoms with Gasteiger partial charge in [0.05, 0.1) is 24.4 Å². The maximum atomic E-state index is 11.4. The molecule has 4 aromatic rings. The Labute approximate surface area is 178 Å². The fraction of sp³-hybridized carbons (Fsp3) is 0.208. The third-order valence-corrected chi connectivity index (χ3v) is 5.31. The van der Waals surface area contributed by atoms with Crippen LogP contribution in [0, 0.1) is 0 Å². The Kier molecular flexibility index (Phi) is 5.00. The van der Waals surface area contributed by atoms with E-state index in [4.69, 9.17) is 14.2 Å². The third kappa shape index (κ3) is 3.82. The lowest BCUT2D eigenvalue weighted by atomic mass is 10.1. The van der Waals surface area contributed by atoms with Gasteiger partial charge in [-0.2, -0.15) is 0 Å². The van der Waals surface area contributed by atoms with Gasteiger partial charge in [-0.05, 0) is 30.3 Å². The zero-order valence-electron chi connectivity index (χ0n) is 16.8. The van der Waals surface area contributed by atoms with Crippen molar-refractivity contribution in [2.45, 2.75) is 13.0 Å². The second-order valence-corrected chi connectivity index (χ2v) is 7.35. The molecule has 7 nitrogen and oxygen atoms in total. The van der Waals surface area contributed by atoms with Crippen molar-refractivity contribution in [1.29, 1.82) is 0 Å². The lowest BCUT2D eigenvalue weighted by Crippen LogP contribution is -2.08. The molecule has 0 saturated carbocycles. The number of nitrogens with zero attached hydrogens (tertiary/aromatic N) is 1. The summed E-state index contributed by atoms with van der Waals surface area (Å²) < 4.78 is 19.0. The number of nitrogens with one attached hydrogen (secondary N) is 1. The summed E-state index contributed by atoms with van der Waals surface area (Å²) in [4.78, 5) is 11.4. The molecule has 0 saturated heterocycles. The highest BCUT2D eigenvalue weighted by atomic mass is 16.5. The summed E-state index contributed by atoms with van der Waals surface area (Å²) in [7, 11) is 0. The Morgan fingerprint density at radius 3 is 2.55 bits per heavy atom. The highest BCUT2D eigenvalue weighted by molar-refractivity contribution is 6.08. The molecular formula is C24H22N2O5. The first kappa shape index (κ1) is 19.1. The van der Waals surface area contributed by atoms with Crippen LogP contribution in [-0.2, 0) is 11.3 Å². The monoisotopic (exact) mass is 418 g/mol. The van der Waals surface area contributed by atoms with Crippen molar-refractivity contribution in [3.8, 4) is 17.2 Å². The van der Waals surface area contributed by atoms with Crippen LogP contribution in [0.1, 0.15) is 6.42 Å². The zero-order valence-corrected chi connectivity index (χ0v) is 16.8. The molecule has 2 heterocycles. The van der Waals surface area contributed by atoms with Gasteiger partial charge >= 0.3 is 5.97 Å². The normalized spacial score (nSPS) is 12.4. The fourth-order valence-electron chi connectivity index (χ4n) is 3.91. The number of para-hydroxylation sites is 1. The Morgan fingerprint density at radius 1 is 0.968 bits per heavy atom. The van der Waals surface area contributed by atoms with E-state index in [1.165, 1.54) is 0 Å². The molecule has 1 aliphatic heterocycles. The standard InChI is InChI=1S/C24H22N2O5/c27-24(28)14-26-21-5-2-1-4-18(21)19-8-6-16(12-22(19)26)29-10-3-11-30-17-7-9-20-23(13-17)31-15-25-20/h1-2,4-9,12-13,25H,3,10-11,14-15H2,(H,27,28). The number of ether oxygens (including phenoxy) is 3. The van der Waals surface area contributed by atoms with Gasteiger partial charge in [0.2, 0.25) is 0 Å². The molecule has 2 N–H and O–H groups in total. The lowest BCUT2D eigenvalue weighted by Gasteiger charge is -2.10. The molecule has 0 unspecified atom stereocenters. The minimum Gasteiger partial charge on any atom is -0.493 e. The summed E-state index contributed by atoms with van der Waals surface area (Å²) in [6.07, 6.45) is 0.715. The number of fused-ring (bicyclic) bond motifs is 4. The molecule has 5 rings (SSSR count). The number of aliphatic carboxylic acids is 1. The molecular weight excluding hydrogens is 396 g/mol. The second-order valence-electron chi connectivity index (χ2n) is 7.35. The Balaban J connectivity index is 1.24. The summed E-state index contributed by atoms with van der Waals surface area (Å²) in [6.45, 7) is 1.41. The van der Waals surface area contributed by atoms with Gasteiger partial charge < -0.3 is 29.2 Å². The molecule has 1 aromatic heterocycles. The Hall–Kier alpha value is -3.87. The SMILES string of the molecule is O=C(O)Cn1c2ccccc2c2ccc(OCCCOc3ccc4c(c3)OCN4)cc21. The van der Waals surface area contributed by atoms with Crippen molar-refractivity contribution in [3.05, 3.63) is 60.7 Å². The van der Waals surface area contributed by atoms with E-state index in [9.17, 15) is 9.90 Å². The predicted octanol–water partition coefficient (Wildman–Crippen LogP) is 4.49. The van der Waals surface area contributed by atoms with Crippen molar-refractivity contribution < 1.29 is 24.1 Å². The number of hydrogen-bond acceptors (Lipinski definition) is 5. The molecule has 0 atom stereocenters. The zero-order chi connectivity index (χ0) is 21.2. The fourth-order valence-corrected chi connectivity index (χ4v) is 3.91. The van der Waals surface area contributed by atoms with Crippen LogP contribution in [0.4, 0.5) is 5.69 Å². The first-order valence-electron chi connectivity index (χ1n) is 10.2. The van der Waals surface area contributed by atoms with Crippen LogP contribution < -0.4 is 19.5 Å². The Bertz CT molecular complexity index is 1260. The molecule has 0 radical (unpaired) electrons. The van der Waals surface area contributed by atoms with E-state index in [1.54, 1.807) is 0 Å². The van der Waals surface area contributed by atoms with Gasteiger partial charge in [-0.25, -0.2) is 0 Å². The largest absolute Gasteiger partial charge is 0.493 e. The van der Waals surface area contributed by atoms with Gasteiger partial charge in [0.25, 0.3) is 0 Å². The number of benzene rings is 3. The number of aromatic nitrogens is 1. The molecule has 3 aromatic carbocycles. The average Bonchev–Trinajstić information content (AvgIpc) is 3.36. The van der Waals surface area contributed by atoms with Gasteiger partial charge in [0.15, 0.2) is 6.73 Å². The van der Waals surface area contributed by atoms with Crippen molar-refractivity contribution in [3.63, 3.8) is 0 Å². The minimum absolute atomic E-state index is 0.0959. The first-order chi connectivity index (χ1) is 15.2. The molecule has 0 fully saturated rings. The number of anilines is 1. The van der Waals surface area contributed by atoms with Crippen LogP contribution >= 0.6 is 0 Å². The van der Waals surface area contributed by atoms with E-state index in [1.807, 2.05) is 65.2 Å². The molecule has 158 valence electrons. The molecule has 7 heteroatoms. The van der Waals surface area contributed by atoms with E-state index in [2.05, 4.69) is 5.32 Å². The molecule has 0 aliphatic carbocycles. The average molecular weight is 418 g/mol. The van der Waals surface area contributed by atoms with Crippen LogP contribution in [0.25, 0.3) is 21.8 Å². The van der Waals surface area contributed by atoms with E-state index < -0.39 is 5.97 Å². The second kappa shape index (κ2) is 8.10. The van der Waals surface area contributed by atoms with Crippen LogP contribution in [0.3, 0.4) is 0 Å². The van der Waals surface area contributed by atoms with Crippen molar-refractivity contribution >= 4 is 33.5 Å². The summed E-state index contributed by atoms with van der Waals surface area (Å²) in [6, 6.07) is 19.4. The lowest BCUT2D eigenvalue weighted by molar-refractivity contribution is -0.137. The van der Waals surface area contributed by atoms with Crippen molar-refractivity contribution in [2.75, 3.05) is 25.3 Å². The molecule has 31 heavy (non-hydrogen) atoms. The highest BCUT2D eigenvalue weighted by Gasteiger charge is 2.14. The topological polar surface area (TPSA) is 82.0 Å². The van der Waals surface area contributed by atoms with Crippen LogP contribution in [0.5, 0.6) is 17.2 Å². The minimum atomic E-state index is -0.876. The summed E-state index contributed by atoms with van der Waals surface area (Å²) in [5.74, 6) is 1.40. The molecule has 0 bridgehead atoms. The van der Waals surface area contributed by atoms with Crippen LogP contribution in [0.2, 0.25) is 0 Å². The van der Waals surface area contributed by atoms with Gasteiger partial charge in [-0.1, -0.05) is 18.2 Å². The summed E-state index contributed by atoms with van der Waals surface area (Å²) >= 11 is 0. The van der Waals surface area contributed by atoms with E-state index in [0.29, 0.717) is 32.1 Å². The van der Waals surface area contributed by atoms with Gasteiger partial charge in [-0.15, -0.1) is 0 Å². The molecule has 0 amide bonds. The summed E-state index contributed by atoms with van der Waals surface area (Å²) in [5.41, 5.74) is 2.73. The van der Waals surface area contributed by atoms with Crippen LogP contribution in [-0.4, -0.2) is 35.6 Å². The number of carboxylic acids is 1. The van der Waals surface area contributed by atoms with Gasteiger partial charge in [0, 0.05) is 34.8 Å². The molecule has 1 aliphatic rings. The van der Waals surface area contributed by atoms with Crippen LogP contribution in [0.15, 0.2) is 60.7 Å². The van der Waals surface area contributed by atoms with E-state index in [0.717, 1.165) is 39.0 Å². The Morgan fingerprint density at radius 2 is 1.71 bits per heavy atom. The maximum Gasteiger partial charge on any atom is 0.323 e. The number of rotatable bonds is 8. The van der Waals surface area contributed by atoms with E-state index in [-0.39, 0.29) is 6.54 Å². The highest BCUT2D eigenvalue weighted by Crippen LogP contribution is 2.33. The summed E-state index contributed by atoms with van der Waals surface area (Å²) in [5, 5.41) is 14.5. The van der Waals surface area contributed by atoms with Crippen molar-refractivity contribution in [2.24, 2.45) is 0 Å². The van der Waals surface area contributed by atoms with Gasteiger partial charge in [0.1, 0.15) is 23.8 Å². The predicted molar refractivity (Wildman–Crippen MR) is 118 cm³/mol. The van der Waals surface area contributed by atoms with Crippen molar-refractivity contribution in [1.82, 2.24) is 4.57 Å². The first-order valence-corrected chi connectivity index (χ1v) is 10.2. The number of carboxylic acid groups (broad SMARTS) is 1. The van der Waals surface area contributed by atoms with E-state index >= 15 is 0 Å². The quantitative estimate of drug-likeness (QED) is 0.411. The maximum absolute atomic E-state index is 11.4. The number of carbonyl (C=O) groups is 1. The number of hydrogen-bond donors (Lipinski definition) is 2. The smallest absolute Gasteiger partial charge is 0.323 e. The third-order valence-electron chi connectivity index (χ3n) is 5.31. The molecule has 0 spiro atoms. The van der Waals surface area contributed by atoms with Gasteiger partial charge in [-0.3, -0.25) is 4.79 Å².